The fourth-order valence-corrected chi connectivity index (χ4v) is 4.43. The Labute approximate surface area is 166 Å². The van der Waals surface area contributed by atoms with Crippen molar-refractivity contribution in [1.29, 1.82) is 0 Å². The van der Waals surface area contributed by atoms with Crippen molar-refractivity contribution in [1.82, 2.24) is 5.32 Å². The van der Waals surface area contributed by atoms with Crippen molar-refractivity contribution >= 4 is 17.7 Å². The lowest BCUT2D eigenvalue weighted by molar-refractivity contribution is -0.120. The van der Waals surface area contributed by atoms with Crippen LogP contribution in [-0.2, 0) is 21.4 Å². The molecule has 144 valence electrons. The Hall–Kier alpha value is -1.78. The van der Waals surface area contributed by atoms with E-state index in [-0.39, 0.29) is 11.3 Å². The van der Waals surface area contributed by atoms with E-state index in [2.05, 4.69) is 67.7 Å². The molecule has 1 aliphatic heterocycles. The van der Waals surface area contributed by atoms with Crippen LogP contribution in [0.4, 0.5) is 0 Å². The molecule has 0 radical (unpaired) electrons. The highest BCUT2D eigenvalue weighted by Crippen LogP contribution is 2.34. The Morgan fingerprint density at radius 2 is 1.74 bits per heavy atom. The molecule has 1 saturated heterocycles. The van der Waals surface area contributed by atoms with Gasteiger partial charge in [0.15, 0.2) is 0 Å². The lowest BCUT2D eigenvalue weighted by atomic mass is 9.74. The van der Waals surface area contributed by atoms with Gasteiger partial charge in [-0.15, -0.1) is 11.8 Å². The minimum atomic E-state index is -0.0209. The first kappa shape index (κ1) is 20.0. The van der Waals surface area contributed by atoms with E-state index in [1.807, 2.05) is 17.8 Å². The zero-order valence-electron chi connectivity index (χ0n) is 16.2. The third kappa shape index (κ3) is 5.60. The van der Waals surface area contributed by atoms with Gasteiger partial charge in [-0.25, -0.2) is 0 Å². The van der Waals surface area contributed by atoms with Crippen molar-refractivity contribution in [2.45, 2.75) is 48.7 Å². The molecule has 0 atom stereocenters. The first-order valence-corrected chi connectivity index (χ1v) is 10.6. The molecule has 1 fully saturated rings. The topological polar surface area (TPSA) is 38.3 Å². The first-order chi connectivity index (χ1) is 13.1. The molecule has 1 amide bonds. The van der Waals surface area contributed by atoms with Gasteiger partial charge in [-0.3, -0.25) is 4.79 Å². The largest absolute Gasteiger partial charge is 0.381 e. The second kappa shape index (κ2) is 9.43. The number of benzene rings is 2. The van der Waals surface area contributed by atoms with Crippen LogP contribution >= 0.6 is 11.8 Å². The smallest absolute Gasteiger partial charge is 0.224 e. The minimum Gasteiger partial charge on any atom is -0.381 e. The van der Waals surface area contributed by atoms with Gasteiger partial charge >= 0.3 is 0 Å². The molecule has 27 heavy (non-hydrogen) atoms. The van der Waals surface area contributed by atoms with Crippen molar-refractivity contribution < 1.29 is 9.53 Å². The highest BCUT2D eigenvalue weighted by atomic mass is 32.2. The number of rotatable bonds is 7. The van der Waals surface area contributed by atoms with E-state index in [0.29, 0.717) is 18.2 Å². The highest BCUT2D eigenvalue weighted by Gasteiger charge is 2.34. The summed E-state index contributed by atoms with van der Waals surface area (Å²) in [6.45, 7) is 6.54. The Morgan fingerprint density at radius 3 is 2.37 bits per heavy atom. The summed E-state index contributed by atoms with van der Waals surface area (Å²) in [5.74, 6) is 0.0843. The van der Waals surface area contributed by atoms with Crippen LogP contribution in [0, 0.1) is 0 Å². The van der Waals surface area contributed by atoms with Crippen LogP contribution in [0.25, 0.3) is 0 Å². The van der Waals surface area contributed by atoms with Crippen molar-refractivity contribution in [3.8, 4) is 0 Å². The predicted octanol–water partition coefficient (Wildman–Crippen LogP) is 4.59. The number of thioether (sulfide) groups is 1. The second-order valence-electron chi connectivity index (χ2n) is 7.52. The molecule has 0 spiro atoms. The third-order valence-corrected chi connectivity index (χ3v) is 6.14. The molecule has 4 heteroatoms. The molecule has 1 N–H and O–H groups in total. The summed E-state index contributed by atoms with van der Waals surface area (Å²) in [7, 11) is 0. The first-order valence-electron chi connectivity index (χ1n) is 9.73. The lowest BCUT2D eigenvalue weighted by Crippen LogP contribution is -2.45. The fraction of sp³-hybridized carbons (Fsp3) is 0.435. The molecule has 0 aromatic heterocycles. The van der Waals surface area contributed by atoms with E-state index < -0.39 is 0 Å². The molecule has 0 unspecified atom stereocenters. The van der Waals surface area contributed by atoms with Gasteiger partial charge in [0, 0.05) is 35.3 Å². The third-order valence-electron chi connectivity index (χ3n) is 5.12. The van der Waals surface area contributed by atoms with Gasteiger partial charge in [-0.2, -0.15) is 0 Å². The van der Waals surface area contributed by atoms with E-state index in [1.165, 1.54) is 10.5 Å². The summed E-state index contributed by atoms with van der Waals surface area (Å²) < 4.78 is 5.57. The van der Waals surface area contributed by atoms with Crippen LogP contribution in [0.15, 0.2) is 59.5 Å². The summed E-state index contributed by atoms with van der Waals surface area (Å²) in [4.78, 5) is 13.8. The van der Waals surface area contributed by atoms with E-state index in [4.69, 9.17) is 4.74 Å². The molecular weight excluding hydrogens is 354 g/mol. The number of hydrogen-bond donors (Lipinski definition) is 1. The quantitative estimate of drug-likeness (QED) is 0.711. The van der Waals surface area contributed by atoms with Gasteiger partial charge in [0.2, 0.25) is 5.91 Å². The molecule has 1 heterocycles. The summed E-state index contributed by atoms with van der Waals surface area (Å²) in [6, 6.07) is 18.9. The summed E-state index contributed by atoms with van der Waals surface area (Å²) in [5.41, 5.74) is 2.33. The maximum atomic E-state index is 12.5. The molecule has 1 aliphatic rings. The molecule has 0 saturated carbocycles. The maximum absolute atomic E-state index is 12.5. The van der Waals surface area contributed by atoms with Crippen LogP contribution in [0.5, 0.6) is 0 Å². The van der Waals surface area contributed by atoms with Gasteiger partial charge < -0.3 is 10.1 Å². The van der Waals surface area contributed by atoms with Crippen LogP contribution in [0.1, 0.15) is 37.8 Å². The van der Waals surface area contributed by atoms with Crippen molar-refractivity contribution in [3.05, 3.63) is 65.7 Å². The molecule has 0 aliphatic carbocycles. The van der Waals surface area contributed by atoms with Gasteiger partial charge in [-0.1, -0.05) is 56.3 Å². The van der Waals surface area contributed by atoms with Crippen LogP contribution in [0.3, 0.4) is 0 Å². The average Bonchev–Trinajstić information content (AvgIpc) is 2.69. The van der Waals surface area contributed by atoms with Crippen LogP contribution in [-0.4, -0.2) is 30.9 Å². The van der Waals surface area contributed by atoms with Gasteiger partial charge in [0.25, 0.3) is 0 Å². The van der Waals surface area contributed by atoms with Gasteiger partial charge in [0.05, 0.1) is 6.42 Å². The van der Waals surface area contributed by atoms with Crippen molar-refractivity contribution in [3.63, 3.8) is 0 Å². The standard InChI is InChI=1S/C23H29NO2S/c1-18(2)27-21-10-8-19(9-11-21)16-22(25)24-17-23(12-14-26-15-13-23)20-6-4-3-5-7-20/h3-11,18H,12-17H2,1-2H3,(H,24,25). The number of hydrogen-bond acceptors (Lipinski definition) is 3. The van der Waals surface area contributed by atoms with Crippen molar-refractivity contribution in [2.24, 2.45) is 0 Å². The van der Waals surface area contributed by atoms with Gasteiger partial charge in [0.1, 0.15) is 0 Å². The fourth-order valence-electron chi connectivity index (χ4n) is 3.60. The monoisotopic (exact) mass is 383 g/mol. The number of nitrogens with one attached hydrogen (secondary N) is 1. The average molecular weight is 384 g/mol. The Balaban J connectivity index is 1.59. The summed E-state index contributed by atoms with van der Waals surface area (Å²) in [6.07, 6.45) is 2.31. The van der Waals surface area contributed by atoms with Crippen molar-refractivity contribution in [2.75, 3.05) is 19.8 Å². The zero-order valence-corrected chi connectivity index (χ0v) is 17.1. The number of ether oxygens (including phenoxy) is 1. The summed E-state index contributed by atoms with van der Waals surface area (Å²) in [5, 5.41) is 3.75. The molecule has 3 nitrogen and oxygen atoms in total. The molecule has 0 bridgehead atoms. The minimum absolute atomic E-state index is 0.0209. The maximum Gasteiger partial charge on any atom is 0.224 e. The van der Waals surface area contributed by atoms with Gasteiger partial charge in [-0.05, 0) is 36.1 Å². The second-order valence-corrected chi connectivity index (χ2v) is 9.17. The molecule has 2 aromatic carbocycles. The lowest BCUT2D eigenvalue weighted by Gasteiger charge is -2.38. The van der Waals surface area contributed by atoms with E-state index in [1.54, 1.807) is 0 Å². The van der Waals surface area contributed by atoms with E-state index in [9.17, 15) is 4.79 Å². The number of amides is 1. The number of carbonyl (C=O) groups is 1. The molecular formula is C23H29NO2S. The Kier molecular flexibility index (Phi) is 6.97. The molecule has 3 rings (SSSR count). The zero-order chi connectivity index (χ0) is 19.1. The normalized spacial score (nSPS) is 16.3. The van der Waals surface area contributed by atoms with Crippen LogP contribution in [0.2, 0.25) is 0 Å². The van der Waals surface area contributed by atoms with Crippen LogP contribution < -0.4 is 5.32 Å². The predicted molar refractivity (Wildman–Crippen MR) is 112 cm³/mol. The number of carbonyl (C=O) groups excluding carboxylic acids is 1. The summed E-state index contributed by atoms with van der Waals surface area (Å²) >= 11 is 1.84. The Morgan fingerprint density at radius 1 is 1.07 bits per heavy atom. The molecule has 2 aromatic rings. The van der Waals surface area contributed by atoms with E-state index >= 15 is 0 Å². The highest BCUT2D eigenvalue weighted by molar-refractivity contribution is 7.99. The Bertz CT molecular complexity index is 722. The van der Waals surface area contributed by atoms with E-state index in [0.717, 1.165) is 31.6 Å². The SMILES string of the molecule is CC(C)Sc1ccc(CC(=O)NCC2(c3ccccc3)CCOCC2)cc1.